The monoisotopic (exact) mass is 321 g/mol. The first-order chi connectivity index (χ1) is 10.8. The molecule has 124 valence electrons. The third-order valence-electron chi connectivity index (χ3n) is 3.50. The van der Waals surface area contributed by atoms with Gasteiger partial charge in [0.1, 0.15) is 12.3 Å². The van der Waals surface area contributed by atoms with Gasteiger partial charge in [0.2, 0.25) is 0 Å². The van der Waals surface area contributed by atoms with Gasteiger partial charge in [-0.2, -0.15) is 0 Å². The molecular weight excluding hydrogens is 302 g/mol. The lowest BCUT2D eigenvalue weighted by molar-refractivity contribution is -0.151. The van der Waals surface area contributed by atoms with Crippen molar-refractivity contribution in [3.8, 4) is 5.75 Å². The van der Waals surface area contributed by atoms with Crippen LogP contribution in [0.25, 0.3) is 0 Å². The Morgan fingerprint density at radius 1 is 1.43 bits per heavy atom. The third kappa shape index (κ3) is 3.05. The van der Waals surface area contributed by atoms with Gasteiger partial charge in [0.15, 0.2) is 0 Å². The zero-order valence-corrected chi connectivity index (χ0v) is 13.2. The number of rotatable bonds is 4. The maximum atomic E-state index is 12.5. The van der Waals surface area contributed by atoms with Crippen molar-refractivity contribution in [2.24, 2.45) is 0 Å². The Hall–Kier alpha value is -2.77. The molecule has 3 N–H and O–H groups in total. The molecule has 2 amide bonds. The fourth-order valence-electron chi connectivity index (χ4n) is 2.26. The maximum Gasteiger partial charge on any atom is 0.325 e. The molecule has 0 spiro atoms. The summed E-state index contributed by atoms with van der Waals surface area (Å²) in [5.74, 6) is -1.54. The standard InChI is InChI=1S/C15H19N3O5/c1-4-22-12(19)8-17-13(20)15(2)14(21)18(3)10-6-5-9(16)7-11(10)23-15/h5-7H,4,8,16H2,1-3H3,(H,17,20). The summed E-state index contributed by atoms with van der Waals surface area (Å²) < 4.78 is 10.3. The summed E-state index contributed by atoms with van der Waals surface area (Å²) in [5, 5.41) is 2.36. The number of carbonyl (C=O) groups excluding carboxylic acids is 3. The van der Waals surface area contributed by atoms with Crippen molar-refractivity contribution < 1.29 is 23.9 Å². The second kappa shape index (κ2) is 6.15. The second-order valence-electron chi connectivity index (χ2n) is 5.21. The second-order valence-corrected chi connectivity index (χ2v) is 5.21. The van der Waals surface area contributed by atoms with Crippen molar-refractivity contribution in [2.45, 2.75) is 19.4 Å². The molecule has 0 aromatic heterocycles. The van der Waals surface area contributed by atoms with Crippen molar-refractivity contribution in [1.29, 1.82) is 0 Å². The number of amides is 2. The topological polar surface area (TPSA) is 111 Å². The van der Waals surface area contributed by atoms with Crippen LogP contribution in [0.15, 0.2) is 18.2 Å². The number of nitrogens with zero attached hydrogens (tertiary/aromatic N) is 1. The predicted octanol–water partition coefficient (Wildman–Crippen LogP) is 0.0620. The first-order valence-corrected chi connectivity index (χ1v) is 7.10. The van der Waals surface area contributed by atoms with Crippen LogP contribution in [-0.2, 0) is 19.1 Å². The molecule has 1 heterocycles. The number of esters is 1. The average molecular weight is 321 g/mol. The largest absolute Gasteiger partial charge is 0.465 e. The summed E-state index contributed by atoms with van der Waals surface area (Å²) in [6.07, 6.45) is 0. The van der Waals surface area contributed by atoms with Crippen LogP contribution in [0.2, 0.25) is 0 Å². The Bertz CT molecular complexity index is 661. The Morgan fingerprint density at radius 2 is 2.13 bits per heavy atom. The van der Waals surface area contributed by atoms with E-state index in [0.29, 0.717) is 17.1 Å². The van der Waals surface area contributed by atoms with Crippen LogP contribution in [0.5, 0.6) is 5.75 Å². The molecule has 0 saturated carbocycles. The van der Waals surface area contributed by atoms with Crippen LogP contribution in [0, 0.1) is 0 Å². The smallest absolute Gasteiger partial charge is 0.325 e. The molecule has 1 aromatic rings. The van der Waals surface area contributed by atoms with Gasteiger partial charge in [0.25, 0.3) is 17.4 Å². The number of likely N-dealkylation sites (N-methyl/N-ethyl adjacent to an activating group) is 1. The highest BCUT2D eigenvalue weighted by molar-refractivity contribution is 6.16. The van der Waals surface area contributed by atoms with E-state index < -0.39 is 23.4 Å². The van der Waals surface area contributed by atoms with Gasteiger partial charge in [0, 0.05) is 18.8 Å². The Kier molecular flexibility index (Phi) is 4.44. The molecule has 0 radical (unpaired) electrons. The van der Waals surface area contributed by atoms with Crippen LogP contribution in [0.1, 0.15) is 13.8 Å². The molecular formula is C15H19N3O5. The van der Waals surface area contributed by atoms with E-state index in [1.54, 1.807) is 19.1 Å². The zero-order chi connectivity index (χ0) is 17.2. The molecule has 0 fully saturated rings. The molecule has 0 bridgehead atoms. The minimum atomic E-state index is -1.79. The molecule has 0 saturated heterocycles. The molecule has 1 aliphatic rings. The number of nitrogen functional groups attached to an aromatic ring is 1. The molecule has 1 unspecified atom stereocenters. The maximum absolute atomic E-state index is 12.5. The predicted molar refractivity (Wildman–Crippen MR) is 82.9 cm³/mol. The lowest BCUT2D eigenvalue weighted by Crippen LogP contribution is -2.61. The molecule has 23 heavy (non-hydrogen) atoms. The summed E-state index contributed by atoms with van der Waals surface area (Å²) in [4.78, 5) is 37.5. The summed E-state index contributed by atoms with van der Waals surface area (Å²) in [7, 11) is 1.54. The number of nitrogens with two attached hydrogens (primary N) is 1. The number of fused-ring (bicyclic) bond motifs is 1. The normalized spacial score (nSPS) is 19.6. The quantitative estimate of drug-likeness (QED) is 0.461. The molecule has 1 aliphatic heterocycles. The van der Waals surface area contributed by atoms with E-state index in [1.807, 2.05) is 0 Å². The number of benzene rings is 1. The highest BCUT2D eigenvalue weighted by atomic mass is 16.5. The van der Waals surface area contributed by atoms with Crippen molar-refractivity contribution in [2.75, 3.05) is 30.8 Å². The van der Waals surface area contributed by atoms with Gasteiger partial charge in [0.05, 0.1) is 12.3 Å². The van der Waals surface area contributed by atoms with Crippen LogP contribution in [-0.4, -0.2) is 43.6 Å². The van der Waals surface area contributed by atoms with E-state index in [1.165, 1.54) is 24.9 Å². The number of carbonyl (C=O) groups is 3. The molecule has 8 nitrogen and oxygen atoms in total. The lowest BCUT2D eigenvalue weighted by atomic mass is 10.0. The van der Waals surface area contributed by atoms with E-state index in [2.05, 4.69) is 5.32 Å². The van der Waals surface area contributed by atoms with E-state index >= 15 is 0 Å². The molecule has 1 aromatic carbocycles. The van der Waals surface area contributed by atoms with Crippen molar-refractivity contribution in [3.63, 3.8) is 0 Å². The number of anilines is 2. The Morgan fingerprint density at radius 3 is 2.78 bits per heavy atom. The Balaban J connectivity index is 2.22. The molecule has 1 atom stereocenters. The highest BCUT2D eigenvalue weighted by Gasteiger charge is 2.49. The zero-order valence-electron chi connectivity index (χ0n) is 13.2. The van der Waals surface area contributed by atoms with E-state index in [0.717, 1.165) is 0 Å². The average Bonchev–Trinajstić information content (AvgIpc) is 2.50. The Labute approximate surface area is 133 Å². The van der Waals surface area contributed by atoms with Gasteiger partial charge >= 0.3 is 5.97 Å². The van der Waals surface area contributed by atoms with Crippen molar-refractivity contribution in [1.82, 2.24) is 5.32 Å². The third-order valence-corrected chi connectivity index (χ3v) is 3.50. The number of nitrogens with one attached hydrogen (secondary N) is 1. The molecule has 8 heteroatoms. The van der Waals surface area contributed by atoms with Crippen LogP contribution >= 0.6 is 0 Å². The lowest BCUT2D eigenvalue weighted by Gasteiger charge is -2.37. The number of hydrogen-bond acceptors (Lipinski definition) is 6. The van der Waals surface area contributed by atoms with Crippen molar-refractivity contribution in [3.05, 3.63) is 18.2 Å². The molecule has 0 aliphatic carbocycles. The first kappa shape index (κ1) is 16.6. The molecule has 2 rings (SSSR count). The highest BCUT2D eigenvalue weighted by Crippen LogP contribution is 2.38. The van der Waals surface area contributed by atoms with Crippen LogP contribution in [0.3, 0.4) is 0 Å². The number of ether oxygens (including phenoxy) is 2. The number of hydrogen-bond donors (Lipinski definition) is 2. The van der Waals surface area contributed by atoms with Crippen molar-refractivity contribution >= 4 is 29.2 Å². The van der Waals surface area contributed by atoms with Gasteiger partial charge in [-0.15, -0.1) is 0 Å². The minimum absolute atomic E-state index is 0.205. The minimum Gasteiger partial charge on any atom is -0.465 e. The van der Waals surface area contributed by atoms with Crippen LogP contribution < -0.4 is 20.7 Å². The van der Waals surface area contributed by atoms with Gasteiger partial charge in [-0.05, 0) is 26.0 Å². The van der Waals surface area contributed by atoms with Gasteiger partial charge in [-0.25, -0.2) is 0 Å². The fourth-order valence-corrected chi connectivity index (χ4v) is 2.26. The van der Waals surface area contributed by atoms with E-state index in [4.69, 9.17) is 15.2 Å². The van der Waals surface area contributed by atoms with E-state index in [9.17, 15) is 14.4 Å². The van der Waals surface area contributed by atoms with Crippen LogP contribution in [0.4, 0.5) is 11.4 Å². The van der Waals surface area contributed by atoms with Gasteiger partial charge < -0.3 is 25.4 Å². The fraction of sp³-hybridized carbons (Fsp3) is 0.400. The van der Waals surface area contributed by atoms with Gasteiger partial charge in [-0.3, -0.25) is 14.4 Å². The summed E-state index contributed by atoms with van der Waals surface area (Å²) >= 11 is 0. The van der Waals surface area contributed by atoms with E-state index in [-0.39, 0.29) is 13.2 Å². The first-order valence-electron chi connectivity index (χ1n) is 7.10. The summed E-state index contributed by atoms with van der Waals surface area (Å²) in [6.45, 7) is 2.87. The summed E-state index contributed by atoms with van der Waals surface area (Å²) in [5.41, 5.74) is 4.88. The van der Waals surface area contributed by atoms with Gasteiger partial charge in [-0.1, -0.05) is 0 Å². The summed E-state index contributed by atoms with van der Waals surface area (Å²) in [6, 6.07) is 4.81. The SMILES string of the molecule is CCOC(=O)CNC(=O)C1(C)Oc2cc(N)ccc2N(C)C1=O.